The molecule has 1 N–H and O–H groups in total. The van der Waals surface area contributed by atoms with Crippen LogP contribution in [0.2, 0.25) is 0 Å². The first-order valence-electron chi connectivity index (χ1n) is 7.28. The number of hydrogen-bond donors (Lipinski definition) is 1. The van der Waals surface area contributed by atoms with Gasteiger partial charge in [-0.15, -0.1) is 0 Å². The summed E-state index contributed by atoms with van der Waals surface area (Å²) in [7, 11) is 0. The average molecular weight is 269 g/mol. The highest BCUT2D eigenvalue weighted by Gasteiger charge is 2.05. The number of nitrogens with one attached hydrogen (secondary N) is 1. The SMILES string of the molecule is CCNCc1ccc(C)c(-c2cccc(OCC)c2)c1. The third kappa shape index (κ3) is 3.61. The zero-order chi connectivity index (χ0) is 14.4. The topological polar surface area (TPSA) is 21.3 Å². The van der Waals surface area contributed by atoms with Crippen LogP contribution in [0, 0.1) is 6.92 Å². The van der Waals surface area contributed by atoms with Crippen LogP contribution in [0.1, 0.15) is 25.0 Å². The van der Waals surface area contributed by atoms with Gasteiger partial charge in [0.1, 0.15) is 5.75 Å². The first kappa shape index (κ1) is 14.6. The molecule has 2 aromatic rings. The van der Waals surface area contributed by atoms with Gasteiger partial charge in [0.05, 0.1) is 6.61 Å². The molecule has 0 unspecified atom stereocenters. The van der Waals surface area contributed by atoms with Gasteiger partial charge in [0.25, 0.3) is 0 Å². The van der Waals surface area contributed by atoms with Crippen LogP contribution in [-0.4, -0.2) is 13.2 Å². The van der Waals surface area contributed by atoms with E-state index in [0.717, 1.165) is 18.8 Å². The standard InChI is InChI=1S/C18H23NO/c1-4-19-13-15-10-9-14(3)18(11-15)16-7-6-8-17(12-16)20-5-2/h6-12,19H,4-5,13H2,1-3H3. The van der Waals surface area contributed by atoms with Crippen molar-refractivity contribution in [1.29, 1.82) is 0 Å². The quantitative estimate of drug-likeness (QED) is 0.849. The minimum Gasteiger partial charge on any atom is -0.494 e. The van der Waals surface area contributed by atoms with Gasteiger partial charge < -0.3 is 10.1 Å². The van der Waals surface area contributed by atoms with Crippen molar-refractivity contribution in [2.45, 2.75) is 27.3 Å². The van der Waals surface area contributed by atoms with Crippen molar-refractivity contribution >= 4 is 0 Å². The Morgan fingerprint density at radius 2 is 1.90 bits per heavy atom. The zero-order valence-corrected chi connectivity index (χ0v) is 12.6. The molecule has 106 valence electrons. The van der Waals surface area contributed by atoms with Gasteiger partial charge in [0, 0.05) is 6.54 Å². The Hall–Kier alpha value is -1.80. The lowest BCUT2D eigenvalue weighted by atomic mass is 9.98. The molecular weight excluding hydrogens is 246 g/mol. The molecule has 0 atom stereocenters. The molecule has 0 amide bonds. The van der Waals surface area contributed by atoms with Crippen LogP contribution in [0.5, 0.6) is 5.75 Å². The van der Waals surface area contributed by atoms with Crippen LogP contribution >= 0.6 is 0 Å². The summed E-state index contributed by atoms with van der Waals surface area (Å²) in [5.41, 5.74) is 5.10. The van der Waals surface area contributed by atoms with Crippen LogP contribution in [0.3, 0.4) is 0 Å². The first-order valence-corrected chi connectivity index (χ1v) is 7.28. The summed E-state index contributed by atoms with van der Waals surface area (Å²) in [5, 5.41) is 3.37. The van der Waals surface area contributed by atoms with Gasteiger partial charge in [-0.3, -0.25) is 0 Å². The van der Waals surface area contributed by atoms with E-state index in [1.165, 1.54) is 22.3 Å². The smallest absolute Gasteiger partial charge is 0.119 e. The van der Waals surface area contributed by atoms with E-state index in [1.54, 1.807) is 0 Å². The molecule has 2 heteroatoms. The Labute approximate surface area is 121 Å². The van der Waals surface area contributed by atoms with Crippen LogP contribution < -0.4 is 10.1 Å². The number of rotatable bonds is 6. The lowest BCUT2D eigenvalue weighted by Crippen LogP contribution is -2.11. The lowest BCUT2D eigenvalue weighted by Gasteiger charge is -2.11. The molecule has 0 heterocycles. The molecule has 0 aromatic heterocycles. The van der Waals surface area contributed by atoms with Gasteiger partial charge in [0.15, 0.2) is 0 Å². The number of hydrogen-bond acceptors (Lipinski definition) is 2. The summed E-state index contributed by atoms with van der Waals surface area (Å²) in [5.74, 6) is 0.932. The van der Waals surface area contributed by atoms with E-state index in [-0.39, 0.29) is 0 Å². The van der Waals surface area contributed by atoms with Gasteiger partial charge in [-0.2, -0.15) is 0 Å². The summed E-state index contributed by atoms with van der Waals surface area (Å²) in [4.78, 5) is 0. The largest absolute Gasteiger partial charge is 0.494 e. The molecule has 0 fully saturated rings. The van der Waals surface area contributed by atoms with Gasteiger partial charge in [-0.1, -0.05) is 31.2 Å². The first-order chi connectivity index (χ1) is 9.74. The Kier molecular flexibility index (Phi) is 5.19. The highest BCUT2D eigenvalue weighted by molar-refractivity contribution is 5.69. The van der Waals surface area contributed by atoms with Crippen molar-refractivity contribution in [2.75, 3.05) is 13.2 Å². The zero-order valence-electron chi connectivity index (χ0n) is 12.6. The van der Waals surface area contributed by atoms with Crippen molar-refractivity contribution in [1.82, 2.24) is 5.32 Å². The van der Waals surface area contributed by atoms with Gasteiger partial charge >= 0.3 is 0 Å². The molecule has 2 aromatic carbocycles. The summed E-state index contributed by atoms with van der Waals surface area (Å²) < 4.78 is 5.59. The van der Waals surface area contributed by atoms with Crippen molar-refractivity contribution in [3.63, 3.8) is 0 Å². The molecule has 0 saturated carbocycles. The number of benzene rings is 2. The lowest BCUT2D eigenvalue weighted by molar-refractivity contribution is 0.340. The molecule has 0 bridgehead atoms. The fraction of sp³-hybridized carbons (Fsp3) is 0.333. The number of aryl methyl sites for hydroxylation is 1. The Morgan fingerprint density at radius 3 is 2.65 bits per heavy atom. The van der Waals surface area contributed by atoms with Crippen LogP contribution in [0.25, 0.3) is 11.1 Å². The summed E-state index contributed by atoms with van der Waals surface area (Å²) in [6.07, 6.45) is 0. The third-order valence-corrected chi connectivity index (χ3v) is 3.34. The van der Waals surface area contributed by atoms with Crippen molar-refractivity contribution in [3.8, 4) is 16.9 Å². The molecule has 0 aliphatic rings. The second-order valence-electron chi connectivity index (χ2n) is 4.89. The normalized spacial score (nSPS) is 10.6. The minimum absolute atomic E-state index is 0.697. The van der Waals surface area contributed by atoms with E-state index in [9.17, 15) is 0 Å². The molecule has 0 radical (unpaired) electrons. The molecule has 0 spiro atoms. The van der Waals surface area contributed by atoms with E-state index in [0.29, 0.717) is 6.61 Å². The van der Waals surface area contributed by atoms with Gasteiger partial charge in [0.2, 0.25) is 0 Å². The summed E-state index contributed by atoms with van der Waals surface area (Å²) in [6, 6.07) is 15.0. The Balaban J connectivity index is 2.32. The van der Waals surface area contributed by atoms with E-state index in [4.69, 9.17) is 4.74 Å². The second kappa shape index (κ2) is 7.11. The van der Waals surface area contributed by atoms with E-state index >= 15 is 0 Å². The third-order valence-electron chi connectivity index (χ3n) is 3.34. The highest BCUT2D eigenvalue weighted by atomic mass is 16.5. The molecule has 0 aliphatic carbocycles. The maximum Gasteiger partial charge on any atom is 0.119 e. The van der Waals surface area contributed by atoms with Gasteiger partial charge in [-0.25, -0.2) is 0 Å². The maximum absolute atomic E-state index is 5.59. The molecular formula is C18H23NO. The molecule has 2 rings (SSSR count). The van der Waals surface area contributed by atoms with E-state index in [1.807, 2.05) is 13.0 Å². The minimum atomic E-state index is 0.697. The van der Waals surface area contributed by atoms with Crippen LogP contribution in [0.15, 0.2) is 42.5 Å². The molecule has 20 heavy (non-hydrogen) atoms. The number of ether oxygens (including phenoxy) is 1. The average Bonchev–Trinajstić information content (AvgIpc) is 2.47. The summed E-state index contributed by atoms with van der Waals surface area (Å²) >= 11 is 0. The van der Waals surface area contributed by atoms with Crippen molar-refractivity contribution in [2.24, 2.45) is 0 Å². The molecule has 0 aliphatic heterocycles. The van der Waals surface area contributed by atoms with Crippen LogP contribution in [-0.2, 0) is 6.54 Å². The van der Waals surface area contributed by atoms with Crippen LogP contribution in [0.4, 0.5) is 0 Å². The summed E-state index contributed by atoms with van der Waals surface area (Å²) in [6.45, 7) is 8.89. The monoisotopic (exact) mass is 269 g/mol. The highest BCUT2D eigenvalue weighted by Crippen LogP contribution is 2.27. The van der Waals surface area contributed by atoms with E-state index in [2.05, 4.69) is 55.6 Å². The van der Waals surface area contributed by atoms with Gasteiger partial charge in [-0.05, 0) is 60.8 Å². The van der Waals surface area contributed by atoms with E-state index < -0.39 is 0 Å². The maximum atomic E-state index is 5.59. The van der Waals surface area contributed by atoms with Crippen molar-refractivity contribution < 1.29 is 4.74 Å². The Bertz CT molecular complexity index is 563. The fourth-order valence-corrected chi connectivity index (χ4v) is 2.28. The molecule has 0 saturated heterocycles. The predicted octanol–water partition coefficient (Wildman–Crippen LogP) is 4.17. The second-order valence-corrected chi connectivity index (χ2v) is 4.89. The van der Waals surface area contributed by atoms with Crippen molar-refractivity contribution in [3.05, 3.63) is 53.6 Å². The fourth-order valence-electron chi connectivity index (χ4n) is 2.28. The predicted molar refractivity (Wildman–Crippen MR) is 85.2 cm³/mol. The molecule has 2 nitrogen and oxygen atoms in total. The Morgan fingerprint density at radius 1 is 1.05 bits per heavy atom.